The molecule has 0 fully saturated rings. The minimum atomic E-state index is -0.497. The summed E-state index contributed by atoms with van der Waals surface area (Å²) in [7, 11) is 1.63. The predicted octanol–water partition coefficient (Wildman–Crippen LogP) is 10.2. The third-order valence-corrected chi connectivity index (χ3v) is 7.65. The van der Waals surface area contributed by atoms with E-state index in [1.54, 1.807) is 25.3 Å². The highest BCUT2D eigenvalue weighted by atomic mass is 19.1. The second-order valence-electron chi connectivity index (χ2n) is 10.0. The topological polar surface area (TPSA) is 24.5 Å². The summed E-state index contributed by atoms with van der Waals surface area (Å²) in [6.45, 7) is 4.10. The molecule has 0 saturated carbocycles. The maximum absolute atomic E-state index is 13.8. The molecule has 5 aromatic rings. The van der Waals surface area contributed by atoms with Crippen LogP contribution in [0.3, 0.4) is 0 Å². The lowest BCUT2D eigenvalue weighted by molar-refractivity contribution is 0.371. The first-order valence-electron chi connectivity index (χ1n) is 13.5. The van der Waals surface area contributed by atoms with Crippen LogP contribution in [0, 0.1) is 5.82 Å². The summed E-state index contributed by atoms with van der Waals surface area (Å²) in [5, 5.41) is 5.89. The number of benzene rings is 5. The van der Waals surface area contributed by atoms with Crippen LogP contribution in [0.5, 0.6) is 0 Å². The second kappa shape index (κ2) is 10.1. The summed E-state index contributed by atoms with van der Waals surface area (Å²) < 4.78 is 33.0. The van der Waals surface area contributed by atoms with Gasteiger partial charge in [0.2, 0.25) is 0 Å². The Morgan fingerprint density at radius 2 is 1.50 bits per heavy atom. The molecule has 7 rings (SSSR count). The quantitative estimate of drug-likeness (QED) is 0.165. The van der Waals surface area contributed by atoms with Crippen molar-refractivity contribution in [2.24, 2.45) is 0 Å². The molecule has 0 radical (unpaired) electrons. The molecule has 0 atom stereocenters. The maximum atomic E-state index is 13.8. The highest BCUT2D eigenvalue weighted by Crippen LogP contribution is 2.48. The van der Waals surface area contributed by atoms with Gasteiger partial charge in [0, 0.05) is 39.3 Å². The Balaban J connectivity index is 1.38. The van der Waals surface area contributed by atoms with E-state index in [4.69, 9.17) is 4.74 Å². The van der Waals surface area contributed by atoms with Gasteiger partial charge < -0.3 is 15.0 Å². The highest BCUT2D eigenvalue weighted by molar-refractivity contribution is 6.16. The van der Waals surface area contributed by atoms with Crippen LogP contribution in [0.1, 0.15) is 5.56 Å². The van der Waals surface area contributed by atoms with Crippen molar-refractivity contribution in [3.05, 3.63) is 150 Å². The molecule has 3 nitrogen and oxygen atoms in total. The predicted molar refractivity (Wildman–Crippen MR) is 167 cm³/mol. The van der Waals surface area contributed by atoms with Crippen molar-refractivity contribution in [2.45, 2.75) is 0 Å². The van der Waals surface area contributed by atoms with Crippen molar-refractivity contribution >= 4 is 39.3 Å². The number of nitrogens with zero attached hydrogens (tertiary/aromatic N) is 1. The largest absolute Gasteiger partial charge is 0.497 e. The van der Waals surface area contributed by atoms with Gasteiger partial charge in [-0.25, -0.2) is 4.39 Å². The summed E-state index contributed by atoms with van der Waals surface area (Å²) in [4.78, 5) is 1.90. The molecular formula is C37H24F2N2O. The van der Waals surface area contributed by atoms with Gasteiger partial charge in [-0.15, -0.1) is 0 Å². The van der Waals surface area contributed by atoms with E-state index in [2.05, 4.69) is 65.8 Å². The smallest absolute Gasteiger partial charge is 0.173 e. The lowest BCUT2D eigenvalue weighted by Crippen LogP contribution is -2.15. The van der Waals surface area contributed by atoms with Gasteiger partial charge in [0.25, 0.3) is 0 Å². The molecule has 42 heavy (non-hydrogen) atoms. The molecule has 1 aliphatic heterocycles. The fourth-order valence-electron chi connectivity index (χ4n) is 5.70. The number of hydrogen-bond acceptors (Lipinski definition) is 3. The normalized spacial score (nSPS) is 12.7. The first kappa shape index (κ1) is 25.4. The first-order valence-corrected chi connectivity index (χ1v) is 13.5. The monoisotopic (exact) mass is 550 g/mol. The molecule has 0 amide bonds. The summed E-state index contributed by atoms with van der Waals surface area (Å²) in [5.74, 6) is -0.217. The number of ether oxygens (including phenoxy) is 1. The molecule has 0 unspecified atom stereocenters. The lowest BCUT2D eigenvalue weighted by Gasteiger charge is -2.28. The zero-order valence-corrected chi connectivity index (χ0v) is 22.7. The Morgan fingerprint density at radius 1 is 0.738 bits per heavy atom. The van der Waals surface area contributed by atoms with Crippen LogP contribution in [0.4, 0.5) is 31.5 Å². The van der Waals surface area contributed by atoms with Gasteiger partial charge in [0.15, 0.2) is 5.83 Å². The number of hydrogen-bond donors (Lipinski definition) is 1. The molecule has 202 valence electrons. The average molecular weight is 551 g/mol. The summed E-state index contributed by atoms with van der Waals surface area (Å²) >= 11 is 0. The summed E-state index contributed by atoms with van der Waals surface area (Å²) in [6.07, 6.45) is 2.98. The van der Waals surface area contributed by atoms with E-state index in [1.807, 2.05) is 35.2 Å². The molecule has 2 aliphatic rings. The van der Waals surface area contributed by atoms with Gasteiger partial charge in [-0.3, -0.25) is 0 Å². The Kier molecular flexibility index (Phi) is 6.10. The number of allylic oxidation sites excluding steroid dienone is 3. The maximum Gasteiger partial charge on any atom is 0.173 e. The number of methoxy groups -OCH3 is 1. The Hall–Kier alpha value is -5.60. The van der Waals surface area contributed by atoms with Crippen LogP contribution >= 0.6 is 0 Å². The van der Waals surface area contributed by atoms with Gasteiger partial charge in [-0.2, -0.15) is 4.39 Å². The number of anilines is 4. The van der Waals surface area contributed by atoms with Crippen LogP contribution in [0.15, 0.2) is 139 Å². The Labute approximate surface area is 242 Å². The van der Waals surface area contributed by atoms with Crippen molar-refractivity contribution in [3.63, 3.8) is 0 Å². The van der Waals surface area contributed by atoms with E-state index in [0.29, 0.717) is 17.1 Å². The van der Waals surface area contributed by atoms with E-state index in [-0.39, 0.29) is 5.82 Å². The fraction of sp³-hybridized carbons (Fsp3) is 0.0270. The van der Waals surface area contributed by atoms with Crippen molar-refractivity contribution in [1.82, 2.24) is 0 Å². The molecule has 0 spiro atoms. The minimum absolute atomic E-state index is 0.335. The van der Waals surface area contributed by atoms with Crippen LogP contribution < -0.4 is 10.2 Å². The summed E-state index contributed by atoms with van der Waals surface area (Å²) in [5.41, 5.74) is 14.7. The second-order valence-corrected chi connectivity index (χ2v) is 10.0. The van der Waals surface area contributed by atoms with Gasteiger partial charge >= 0.3 is 0 Å². The molecule has 0 saturated heterocycles. The number of fused-ring (bicyclic) bond motifs is 2. The average Bonchev–Trinajstić information content (AvgIpc) is 3.03. The van der Waals surface area contributed by atoms with Gasteiger partial charge in [0.1, 0.15) is 11.6 Å². The lowest BCUT2D eigenvalue weighted by atomic mass is 9.87. The molecule has 5 heteroatoms. The van der Waals surface area contributed by atoms with Gasteiger partial charge in [0.05, 0.1) is 12.8 Å². The molecule has 0 aromatic heterocycles. The third-order valence-electron chi connectivity index (χ3n) is 7.65. The Bertz CT molecular complexity index is 2060. The molecule has 0 bridgehead atoms. The third kappa shape index (κ3) is 4.22. The van der Waals surface area contributed by atoms with Crippen LogP contribution in [-0.4, -0.2) is 7.11 Å². The minimum Gasteiger partial charge on any atom is -0.497 e. The van der Waals surface area contributed by atoms with E-state index < -0.39 is 5.83 Å². The molecular weight excluding hydrogens is 526 g/mol. The van der Waals surface area contributed by atoms with Crippen LogP contribution in [0.2, 0.25) is 0 Å². The van der Waals surface area contributed by atoms with Gasteiger partial charge in [-0.1, -0.05) is 61.2 Å². The molecule has 1 heterocycles. The molecule has 5 aromatic carbocycles. The van der Waals surface area contributed by atoms with Crippen molar-refractivity contribution in [1.29, 1.82) is 0 Å². The van der Waals surface area contributed by atoms with Crippen molar-refractivity contribution < 1.29 is 13.5 Å². The number of halogens is 2. The number of rotatable bonds is 6. The fourth-order valence-corrected chi connectivity index (χ4v) is 5.70. The summed E-state index contributed by atoms with van der Waals surface area (Å²) in [6, 6.07) is 31.0. The van der Waals surface area contributed by atoms with Crippen LogP contribution in [0.25, 0.3) is 38.8 Å². The standard InChI is InChI=1S/C37H24F2N2O/c1-23(42-2)29-6-3-4-7-30(29)31-20-21-35-37-33(31)8-5-9-34(37)32-19-18-28(22-36(32)40-35)41(26-14-10-24(38)11-15-26)27-16-12-25(39)13-17-27/h3-12,14-16,18-22,40H,1H2,2H3. The Morgan fingerprint density at radius 3 is 2.29 bits per heavy atom. The van der Waals surface area contributed by atoms with Crippen molar-refractivity contribution in [3.8, 4) is 22.3 Å². The van der Waals surface area contributed by atoms with Gasteiger partial charge in [-0.05, 0) is 88.2 Å². The molecule has 1 aliphatic carbocycles. The van der Waals surface area contributed by atoms with Crippen molar-refractivity contribution in [2.75, 3.05) is 17.3 Å². The first-order chi connectivity index (χ1) is 20.5. The zero-order chi connectivity index (χ0) is 28.8. The number of nitrogens with one attached hydrogen (secondary N) is 1. The van der Waals surface area contributed by atoms with E-state index in [1.165, 1.54) is 18.2 Å². The van der Waals surface area contributed by atoms with Crippen LogP contribution in [-0.2, 0) is 4.74 Å². The highest BCUT2D eigenvalue weighted by Gasteiger charge is 2.23. The van der Waals surface area contributed by atoms with E-state index in [9.17, 15) is 8.78 Å². The zero-order valence-electron chi connectivity index (χ0n) is 22.7. The van der Waals surface area contributed by atoms with E-state index in [0.717, 1.165) is 55.7 Å². The van der Waals surface area contributed by atoms with E-state index >= 15 is 0 Å². The SMILES string of the molecule is C=C(OC)c1ccccc1-c1ccc2c3c(cccc13)-c1ccc(N(C3=C=C=C(F)C=C3)c3ccc(F)cc3)cc1N2. The molecule has 1 N–H and O–H groups in total.